The quantitative estimate of drug-likeness (QED) is 0.503. The van der Waals surface area contributed by atoms with Gasteiger partial charge in [0, 0.05) is 27.8 Å². The maximum absolute atomic E-state index is 6.27. The number of rotatable bonds is 6. The van der Waals surface area contributed by atoms with E-state index in [2.05, 4.69) is 62.0 Å². The van der Waals surface area contributed by atoms with Crippen molar-refractivity contribution in [1.29, 1.82) is 0 Å². The lowest BCUT2D eigenvalue weighted by atomic mass is 10.2. The standard InChI is InChI=1S/C20H24ClN2S.BrH/c1-4-13-23(2,3)14-7-12-22-17-8-5-6-9-19(17)24-20-11-10-16(21)15-18(20)22;/h4-6,8-11,15H,1,7,12-14H2,2-3H3;1H/q+1;/p-1. The molecule has 1 heterocycles. The number of benzene rings is 2. The minimum Gasteiger partial charge on any atom is -1.00 e. The molecule has 0 saturated carbocycles. The van der Waals surface area contributed by atoms with Crippen molar-refractivity contribution in [3.8, 4) is 0 Å². The second-order valence-electron chi connectivity index (χ2n) is 6.82. The predicted octanol–water partition coefficient (Wildman–Crippen LogP) is 2.60. The fraction of sp³-hybridized carbons (Fsp3) is 0.300. The van der Waals surface area contributed by atoms with Crippen LogP contribution in [-0.2, 0) is 0 Å². The summed E-state index contributed by atoms with van der Waals surface area (Å²) in [4.78, 5) is 5.01. The summed E-state index contributed by atoms with van der Waals surface area (Å²) in [6.07, 6.45) is 3.12. The SMILES string of the molecule is C=CC[N+](C)(C)CCCN1c2ccccc2Sc2ccc(Cl)cc21.[Br-]. The lowest BCUT2D eigenvalue weighted by Crippen LogP contribution is -3.00. The third-order valence-electron chi connectivity index (χ3n) is 4.36. The van der Waals surface area contributed by atoms with Gasteiger partial charge in [-0.2, -0.15) is 0 Å². The summed E-state index contributed by atoms with van der Waals surface area (Å²) in [5.74, 6) is 0. The van der Waals surface area contributed by atoms with Gasteiger partial charge in [-0.3, -0.25) is 0 Å². The molecule has 0 saturated heterocycles. The summed E-state index contributed by atoms with van der Waals surface area (Å²) in [5, 5.41) is 0.793. The Morgan fingerprint density at radius 2 is 1.84 bits per heavy atom. The molecule has 1 aliphatic heterocycles. The lowest BCUT2D eigenvalue weighted by molar-refractivity contribution is -0.884. The highest BCUT2D eigenvalue weighted by atomic mass is 79.9. The summed E-state index contributed by atoms with van der Waals surface area (Å²) in [6, 6.07) is 14.8. The van der Waals surface area contributed by atoms with Crippen LogP contribution in [0.1, 0.15) is 6.42 Å². The Morgan fingerprint density at radius 3 is 2.60 bits per heavy atom. The maximum atomic E-state index is 6.27. The first kappa shape index (κ1) is 20.4. The maximum Gasteiger partial charge on any atom is 0.0966 e. The van der Waals surface area contributed by atoms with Crippen molar-refractivity contribution in [1.82, 2.24) is 0 Å². The number of para-hydroxylation sites is 1. The topological polar surface area (TPSA) is 3.24 Å². The van der Waals surface area contributed by atoms with Crippen LogP contribution in [0.4, 0.5) is 11.4 Å². The smallest absolute Gasteiger partial charge is 0.0966 e. The zero-order valence-corrected chi connectivity index (χ0v) is 17.9. The van der Waals surface area contributed by atoms with E-state index in [9.17, 15) is 0 Å². The highest BCUT2D eigenvalue weighted by Gasteiger charge is 2.24. The van der Waals surface area contributed by atoms with Crippen molar-refractivity contribution in [2.45, 2.75) is 16.2 Å². The van der Waals surface area contributed by atoms with Gasteiger partial charge in [-0.1, -0.05) is 42.1 Å². The molecule has 3 rings (SSSR count). The van der Waals surface area contributed by atoms with E-state index in [0.717, 1.165) is 35.6 Å². The van der Waals surface area contributed by atoms with E-state index >= 15 is 0 Å². The Bertz CT molecular complexity index is 748. The number of hydrogen-bond acceptors (Lipinski definition) is 2. The summed E-state index contributed by atoms with van der Waals surface area (Å²) >= 11 is 8.09. The monoisotopic (exact) mass is 438 g/mol. The Labute approximate surface area is 170 Å². The second-order valence-corrected chi connectivity index (χ2v) is 8.34. The van der Waals surface area contributed by atoms with Crippen LogP contribution >= 0.6 is 23.4 Å². The normalized spacial score (nSPS) is 12.8. The van der Waals surface area contributed by atoms with E-state index in [1.165, 1.54) is 21.2 Å². The van der Waals surface area contributed by atoms with Gasteiger partial charge in [0.2, 0.25) is 0 Å². The van der Waals surface area contributed by atoms with Crippen LogP contribution in [0, 0.1) is 0 Å². The third-order valence-corrected chi connectivity index (χ3v) is 5.72. The number of likely N-dealkylation sites (N-methyl/N-ethyl adjacent to an activating group) is 1. The summed E-state index contributed by atoms with van der Waals surface area (Å²) < 4.78 is 0.968. The Kier molecular flexibility index (Phi) is 7.03. The largest absolute Gasteiger partial charge is 1.00 e. The average molecular weight is 440 g/mol. The van der Waals surface area contributed by atoms with Crippen LogP contribution < -0.4 is 21.9 Å². The molecule has 0 radical (unpaired) electrons. The van der Waals surface area contributed by atoms with Crippen molar-refractivity contribution in [2.75, 3.05) is 38.6 Å². The van der Waals surface area contributed by atoms with Gasteiger partial charge in [0.15, 0.2) is 0 Å². The Hall–Kier alpha value is -0.940. The van der Waals surface area contributed by atoms with Gasteiger partial charge in [0.05, 0.1) is 38.6 Å². The van der Waals surface area contributed by atoms with Crippen molar-refractivity contribution in [2.24, 2.45) is 0 Å². The third kappa shape index (κ3) is 4.82. The summed E-state index contributed by atoms with van der Waals surface area (Å²) in [7, 11) is 4.51. The molecule has 0 aromatic heterocycles. The van der Waals surface area contributed by atoms with E-state index < -0.39 is 0 Å². The molecule has 25 heavy (non-hydrogen) atoms. The van der Waals surface area contributed by atoms with Crippen molar-refractivity contribution in [3.63, 3.8) is 0 Å². The van der Waals surface area contributed by atoms with Crippen LogP contribution in [-0.4, -0.2) is 38.2 Å². The van der Waals surface area contributed by atoms with Crippen LogP contribution in [0.25, 0.3) is 0 Å². The lowest BCUT2D eigenvalue weighted by Gasteiger charge is -2.34. The van der Waals surface area contributed by atoms with Gasteiger partial charge in [-0.25, -0.2) is 0 Å². The van der Waals surface area contributed by atoms with E-state index in [4.69, 9.17) is 11.6 Å². The van der Waals surface area contributed by atoms with Gasteiger partial charge < -0.3 is 26.4 Å². The minimum atomic E-state index is 0. The molecule has 134 valence electrons. The number of quaternary nitrogens is 1. The first-order chi connectivity index (χ1) is 11.5. The fourth-order valence-electron chi connectivity index (χ4n) is 3.14. The molecule has 5 heteroatoms. The highest BCUT2D eigenvalue weighted by Crippen LogP contribution is 2.48. The van der Waals surface area contributed by atoms with Gasteiger partial charge >= 0.3 is 0 Å². The average Bonchev–Trinajstić information content (AvgIpc) is 2.54. The van der Waals surface area contributed by atoms with Crippen molar-refractivity contribution >= 4 is 34.7 Å². The van der Waals surface area contributed by atoms with E-state index in [1.807, 2.05) is 23.9 Å². The number of fused-ring (bicyclic) bond motifs is 2. The second kappa shape index (κ2) is 8.63. The predicted molar refractivity (Wildman–Crippen MR) is 106 cm³/mol. The molecule has 0 spiro atoms. The molecule has 0 N–H and O–H groups in total. The van der Waals surface area contributed by atoms with Gasteiger partial charge in [0.1, 0.15) is 0 Å². The van der Waals surface area contributed by atoms with Gasteiger partial charge in [-0.15, -0.1) is 0 Å². The fourth-order valence-corrected chi connectivity index (χ4v) is 4.38. The Morgan fingerprint density at radius 1 is 1.12 bits per heavy atom. The number of nitrogens with zero attached hydrogens (tertiary/aromatic N) is 2. The molecule has 1 aliphatic rings. The molecule has 0 atom stereocenters. The molecule has 0 amide bonds. The molecule has 2 aromatic rings. The number of halogens is 2. The van der Waals surface area contributed by atoms with E-state index in [0.29, 0.717) is 0 Å². The first-order valence-corrected chi connectivity index (χ1v) is 9.46. The molecule has 2 nitrogen and oxygen atoms in total. The summed E-state index contributed by atoms with van der Waals surface area (Å²) in [5.41, 5.74) is 2.51. The van der Waals surface area contributed by atoms with Crippen LogP contribution in [0.3, 0.4) is 0 Å². The molecule has 0 fully saturated rings. The zero-order chi connectivity index (χ0) is 17.2. The minimum absolute atomic E-state index is 0. The van der Waals surface area contributed by atoms with E-state index in [-0.39, 0.29) is 17.0 Å². The van der Waals surface area contributed by atoms with Crippen LogP contribution in [0.2, 0.25) is 5.02 Å². The molecular weight excluding hydrogens is 416 g/mol. The van der Waals surface area contributed by atoms with Crippen LogP contribution in [0.5, 0.6) is 0 Å². The molecule has 0 aliphatic carbocycles. The molecular formula is C20H24BrClN2S. The first-order valence-electron chi connectivity index (χ1n) is 8.27. The number of anilines is 2. The molecule has 0 bridgehead atoms. The molecule has 2 aromatic carbocycles. The van der Waals surface area contributed by atoms with Crippen LogP contribution in [0.15, 0.2) is 64.9 Å². The number of hydrogen-bond donors (Lipinski definition) is 0. The highest BCUT2D eigenvalue weighted by molar-refractivity contribution is 7.99. The van der Waals surface area contributed by atoms with Gasteiger partial charge in [-0.05, 0) is 36.4 Å². The Balaban J connectivity index is 0.00000225. The zero-order valence-electron chi connectivity index (χ0n) is 14.7. The summed E-state index contributed by atoms with van der Waals surface area (Å²) in [6.45, 7) is 6.97. The van der Waals surface area contributed by atoms with Crippen molar-refractivity contribution in [3.05, 3.63) is 60.1 Å². The molecule has 0 unspecified atom stereocenters. The van der Waals surface area contributed by atoms with Crippen molar-refractivity contribution < 1.29 is 21.5 Å². The van der Waals surface area contributed by atoms with E-state index in [1.54, 1.807) is 0 Å². The van der Waals surface area contributed by atoms with Gasteiger partial charge in [0.25, 0.3) is 0 Å².